The Kier molecular flexibility index (Phi) is 6.68. The molecule has 0 radical (unpaired) electrons. The van der Waals surface area contributed by atoms with Gasteiger partial charge in [0.2, 0.25) is 5.91 Å². The van der Waals surface area contributed by atoms with Crippen LogP contribution in [0.1, 0.15) is 19.3 Å². The van der Waals surface area contributed by atoms with Crippen LogP contribution in [-0.2, 0) is 9.53 Å². The number of amides is 1. The number of methoxy groups -OCH3 is 1. The molecule has 1 aromatic rings. The maximum atomic E-state index is 12.1. The van der Waals surface area contributed by atoms with Gasteiger partial charge in [0.15, 0.2) is 0 Å². The maximum absolute atomic E-state index is 12.1. The summed E-state index contributed by atoms with van der Waals surface area (Å²) < 4.78 is 10.6. The van der Waals surface area contributed by atoms with Crippen LogP contribution in [0.5, 0.6) is 5.75 Å². The minimum Gasteiger partial charge on any atom is -0.495 e. The van der Waals surface area contributed by atoms with Crippen molar-refractivity contribution in [3.63, 3.8) is 0 Å². The van der Waals surface area contributed by atoms with Gasteiger partial charge in [-0.1, -0.05) is 12.1 Å². The second-order valence-electron chi connectivity index (χ2n) is 5.83. The number of carbonyl (C=O) groups excluding carboxylic acids is 1. The van der Waals surface area contributed by atoms with Crippen LogP contribution in [0.25, 0.3) is 0 Å². The van der Waals surface area contributed by atoms with Gasteiger partial charge in [0, 0.05) is 13.2 Å². The van der Waals surface area contributed by atoms with Crippen LogP contribution in [0, 0.1) is 5.92 Å². The van der Waals surface area contributed by atoms with Gasteiger partial charge < -0.3 is 14.8 Å². The second-order valence-corrected chi connectivity index (χ2v) is 5.83. The van der Waals surface area contributed by atoms with Crippen molar-refractivity contribution in [2.45, 2.75) is 19.3 Å². The second kappa shape index (κ2) is 8.76. The Morgan fingerprint density at radius 3 is 2.82 bits per heavy atom. The highest BCUT2D eigenvalue weighted by Crippen LogP contribution is 2.23. The number of rotatable bonds is 7. The minimum absolute atomic E-state index is 0.0148. The van der Waals surface area contributed by atoms with E-state index < -0.39 is 0 Å². The van der Waals surface area contributed by atoms with E-state index in [9.17, 15) is 4.79 Å². The number of nitrogens with zero attached hydrogens (tertiary/aromatic N) is 1. The molecule has 0 unspecified atom stereocenters. The van der Waals surface area contributed by atoms with Gasteiger partial charge in [-0.2, -0.15) is 0 Å². The first-order valence-electron chi connectivity index (χ1n) is 7.88. The van der Waals surface area contributed by atoms with Crippen molar-refractivity contribution >= 4 is 11.6 Å². The van der Waals surface area contributed by atoms with Crippen molar-refractivity contribution in [2.24, 2.45) is 5.92 Å². The van der Waals surface area contributed by atoms with Crippen LogP contribution >= 0.6 is 0 Å². The van der Waals surface area contributed by atoms with Gasteiger partial charge in [-0.25, -0.2) is 0 Å². The molecule has 2 rings (SSSR count). The molecule has 1 aliphatic heterocycles. The van der Waals surface area contributed by atoms with Crippen LogP contribution < -0.4 is 10.1 Å². The lowest BCUT2D eigenvalue weighted by Gasteiger charge is -2.24. The number of ether oxygens (including phenoxy) is 2. The molecule has 0 aromatic heterocycles. The quantitative estimate of drug-likeness (QED) is 0.840. The Bertz CT molecular complexity index is 473. The average Bonchev–Trinajstić information content (AvgIpc) is 2.54. The van der Waals surface area contributed by atoms with Gasteiger partial charge in [0.05, 0.1) is 19.3 Å². The number of hydrogen-bond acceptors (Lipinski definition) is 4. The lowest BCUT2D eigenvalue weighted by atomic mass is 9.96. The molecule has 122 valence electrons. The number of carbonyl (C=O) groups is 1. The molecule has 5 heteroatoms. The molecular formula is C17H26N2O3. The normalized spacial score (nSPS) is 15.8. The first kappa shape index (κ1) is 16.8. The third-order valence-electron chi connectivity index (χ3n) is 4.05. The van der Waals surface area contributed by atoms with Crippen LogP contribution in [-0.4, -0.2) is 51.3 Å². The molecule has 1 N–H and O–H groups in total. The predicted octanol–water partition coefficient (Wildman–Crippen LogP) is 2.38. The molecule has 1 heterocycles. The van der Waals surface area contributed by atoms with E-state index in [1.807, 2.05) is 31.3 Å². The molecule has 1 aromatic carbocycles. The summed E-state index contributed by atoms with van der Waals surface area (Å²) in [7, 11) is 3.59. The highest BCUT2D eigenvalue weighted by Gasteiger charge is 2.15. The van der Waals surface area contributed by atoms with Crippen LogP contribution in [0.15, 0.2) is 24.3 Å². The largest absolute Gasteiger partial charge is 0.495 e. The fraction of sp³-hybridized carbons (Fsp3) is 0.588. The summed E-state index contributed by atoms with van der Waals surface area (Å²) in [5.74, 6) is 1.40. The molecule has 5 nitrogen and oxygen atoms in total. The summed E-state index contributed by atoms with van der Waals surface area (Å²) in [6.07, 6.45) is 3.41. The first-order valence-corrected chi connectivity index (χ1v) is 7.88. The Balaban J connectivity index is 1.73. The SMILES string of the molecule is COc1ccccc1NC(=O)CN(C)CCC1CCOCC1. The standard InChI is InChI=1S/C17H26N2O3/c1-19(10-7-14-8-11-22-12-9-14)13-17(20)18-15-5-3-4-6-16(15)21-2/h3-6,14H,7-13H2,1-2H3,(H,18,20). The third-order valence-corrected chi connectivity index (χ3v) is 4.05. The van der Waals surface area contributed by atoms with Gasteiger partial charge in [-0.15, -0.1) is 0 Å². The van der Waals surface area contributed by atoms with E-state index >= 15 is 0 Å². The van der Waals surface area contributed by atoms with Crippen LogP contribution in [0.4, 0.5) is 5.69 Å². The maximum Gasteiger partial charge on any atom is 0.238 e. The van der Waals surface area contributed by atoms with Crippen molar-refractivity contribution in [1.29, 1.82) is 0 Å². The third kappa shape index (κ3) is 5.31. The molecule has 1 saturated heterocycles. The summed E-state index contributed by atoms with van der Waals surface area (Å²) in [6.45, 7) is 3.08. The molecule has 22 heavy (non-hydrogen) atoms. The lowest BCUT2D eigenvalue weighted by Crippen LogP contribution is -2.32. The van der Waals surface area contributed by atoms with Crippen molar-refractivity contribution in [1.82, 2.24) is 4.90 Å². The molecule has 0 saturated carbocycles. The van der Waals surface area contributed by atoms with Gasteiger partial charge in [0.25, 0.3) is 0 Å². The number of likely N-dealkylation sites (N-methyl/N-ethyl adjacent to an activating group) is 1. The first-order chi connectivity index (χ1) is 10.7. The Morgan fingerprint density at radius 1 is 1.36 bits per heavy atom. The number of para-hydroxylation sites is 2. The van der Waals surface area contributed by atoms with Crippen molar-refractivity contribution in [3.8, 4) is 5.75 Å². The van der Waals surface area contributed by atoms with E-state index in [2.05, 4.69) is 10.2 Å². The average molecular weight is 306 g/mol. The van der Waals surface area contributed by atoms with E-state index in [-0.39, 0.29) is 5.91 Å². The smallest absolute Gasteiger partial charge is 0.238 e. The van der Waals surface area contributed by atoms with Crippen molar-refractivity contribution in [3.05, 3.63) is 24.3 Å². The number of benzene rings is 1. The van der Waals surface area contributed by atoms with E-state index in [0.717, 1.165) is 44.9 Å². The molecule has 1 aliphatic rings. The number of hydrogen-bond donors (Lipinski definition) is 1. The fourth-order valence-electron chi connectivity index (χ4n) is 2.70. The fourth-order valence-corrected chi connectivity index (χ4v) is 2.70. The van der Waals surface area contributed by atoms with E-state index in [1.54, 1.807) is 7.11 Å². The van der Waals surface area contributed by atoms with Crippen molar-refractivity contribution in [2.75, 3.05) is 45.8 Å². The van der Waals surface area contributed by atoms with Crippen molar-refractivity contribution < 1.29 is 14.3 Å². The van der Waals surface area contributed by atoms with E-state index in [4.69, 9.17) is 9.47 Å². The topological polar surface area (TPSA) is 50.8 Å². The zero-order valence-electron chi connectivity index (χ0n) is 13.5. The van der Waals surface area contributed by atoms with Crippen LogP contribution in [0.3, 0.4) is 0 Å². The summed E-state index contributed by atoms with van der Waals surface area (Å²) in [5.41, 5.74) is 0.716. The zero-order chi connectivity index (χ0) is 15.8. The summed E-state index contributed by atoms with van der Waals surface area (Å²) in [6, 6.07) is 7.45. The molecule has 0 bridgehead atoms. The Morgan fingerprint density at radius 2 is 2.09 bits per heavy atom. The highest BCUT2D eigenvalue weighted by molar-refractivity contribution is 5.93. The number of anilines is 1. The molecule has 0 aliphatic carbocycles. The summed E-state index contributed by atoms with van der Waals surface area (Å²) in [4.78, 5) is 14.2. The van der Waals surface area contributed by atoms with E-state index in [1.165, 1.54) is 0 Å². The highest BCUT2D eigenvalue weighted by atomic mass is 16.5. The van der Waals surface area contributed by atoms with Crippen LogP contribution in [0.2, 0.25) is 0 Å². The molecule has 0 spiro atoms. The minimum atomic E-state index is -0.0148. The monoisotopic (exact) mass is 306 g/mol. The molecule has 1 fully saturated rings. The van der Waals surface area contributed by atoms with Gasteiger partial charge in [-0.05, 0) is 50.9 Å². The molecule has 1 amide bonds. The lowest BCUT2D eigenvalue weighted by molar-refractivity contribution is -0.117. The van der Waals surface area contributed by atoms with Gasteiger partial charge in [-0.3, -0.25) is 9.69 Å². The van der Waals surface area contributed by atoms with Gasteiger partial charge >= 0.3 is 0 Å². The summed E-state index contributed by atoms with van der Waals surface area (Å²) >= 11 is 0. The van der Waals surface area contributed by atoms with Gasteiger partial charge in [0.1, 0.15) is 5.75 Å². The Labute approximate surface area is 132 Å². The molecular weight excluding hydrogens is 280 g/mol. The molecule has 0 atom stereocenters. The predicted molar refractivity (Wildman–Crippen MR) is 87.3 cm³/mol. The number of nitrogens with one attached hydrogen (secondary N) is 1. The zero-order valence-corrected chi connectivity index (χ0v) is 13.5. The van der Waals surface area contributed by atoms with E-state index in [0.29, 0.717) is 18.0 Å². The summed E-state index contributed by atoms with van der Waals surface area (Å²) in [5, 5.41) is 2.90. The Hall–Kier alpha value is -1.59.